The Bertz CT molecular complexity index is 667. The van der Waals surface area contributed by atoms with Gasteiger partial charge in [0.15, 0.2) is 0 Å². The molecule has 7 nitrogen and oxygen atoms in total. The number of benzene rings is 2. The molecular formula is C13H10N2O5. The predicted octanol–water partition coefficient (Wildman–Crippen LogP) is 3.18. The molecule has 0 atom stereocenters. The second kappa shape index (κ2) is 5.35. The first-order valence-electron chi connectivity index (χ1n) is 5.60. The monoisotopic (exact) mass is 274 g/mol. The molecule has 0 saturated carbocycles. The molecule has 0 heterocycles. The standard InChI is InChI=1S/C13H10N2O5/c1-20-11-5-2-9(3-6-11)10-4-7-12(14(16)17)13(8-10)15(18)19/h2-8H,1H3. The van der Waals surface area contributed by atoms with E-state index in [-0.39, 0.29) is 0 Å². The van der Waals surface area contributed by atoms with Crippen LogP contribution >= 0.6 is 0 Å². The van der Waals surface area contributed by atoms with Gasteiger partial charge < -0.3 is 4.74 Å². The maximum Gasteiger partial charge on any atom is 0.346 e. The predicted molar refractivity (Wildman–Crippen MR) is 71.7 cm³/mol. The van der Waals surface area contributed by atoms with Crippen molar-refractivity contribution in [3.05, 3.63) is 62.7 Å². The van der Waals surface area contributed by atoms with E-state index in [2.05, 4.69) is 0 Å². The molecule has 2 aromatic carbocycles. The van der Waals surface area contributed by atoms with Gasteiger partial charge in [-0.2, -0.15) is 0 Å². The lowest BCUT2D eigenvalue weighted by Crippen LogP contribution is -1.96. The van der Waals surface area contributed by atoms with Gasteiger partial charge in [-0.3, -0.25) is 20.2 Å². The summed E-state index contributed by atoms with van der Waals surface area (Å²) in [6.45, 7) is 0. The van der Waals surface area contributed by atoms with Crippen LogP contribution in [0.15, 0.2) is 42.5 Å². The number of rotatable bonds is 4. The average molecular weight is 274 g/mol. The van der Waals surface area contributed by atoms with E-state index in [0.717, 1.165) is 6.07 Å². The molecule has 0 aromatic heterocycles. The molecule has 0 bridgehead atoms. The number of nitrogens with zero attached hydrogens (tertiary/aromatic N) is 2. The van der Waals surface area contributed by atoms with Gasteiger partial charge in [0.1, 0.15) is 5.75 Å². The molecule has 2 rings (SSSR count). The summed E-state index contributed by atoms with van der Waals surface area (Å²) in [5.41, 5.74) is 0.198. The molecule has 0 radical (unpaired) electrons. The van der Waals surface area contributed by atoms with Crippen LogP contribution in [0.5, 0.6) is 5.75 Å². The maximum atomic E-state index is 10.9. The SMILES string of the molecule is COc1ccc(-c2ccc([N+](=O)[O-])c([N+](=O)[O-])c2)cc1. The number of ether oxygens (including phenoxy) is 1. The highest BCUT2D eigenvalue weighted by molar-refractivity contribution is 5.70. The molecule has 0 aliphatic rings. The van der Waals surface area contributed by atoms with Crippen molar-refractivity contribution in [2.24, 2.45) is 0 Å². The molecule has 0 fully saturated rings. The van der Waals surface area contributed by atoms with E-state index in [9.17, 15) is 20.2 Å². The van der Waals surface area contributed by atoms with Crippen LogP contribution in [0.25, 0.3) is 11.1 Å². The fraction of sp³-hybridized carbons (Fsp3) is 0.0769. The summed E-state index contributed by atoms with van der Waals surface area (Å²) in [6.07, 6.45) is 0. The summed E-state index contributed by atoms with van der Waals surface area (Å²) in [4.78, 5) is 20.1. The molecule has 7 heteroatoms. The lowest BCUT2D eigenvalue weighted by molar-refractivity contribution is -0.422. The van der Waals surface area contributed by atoms with Gasteiger partial charge >= 0.3 is 11.4 Å². The van der Waals surface area contributed by atoms with Crippen molar-refractivity contribution < 1.29 is 14.6 Å². The van der Waals surface area contributed by atoms with Gasteiger partial charge in [-0.25, -0.2) is 0 Å². The number of hydrogen-bond acceptors (Lipinski definition) is 5. The zero-order valence-electron chi connectivity index (χ0n) is 10.5. The third-order valence-corrected chi connectivity index (χ3v) is 2.79. The molecule has 0 N–H and O–H groups in total. The highest BCUT2D eigenvalue weighted by Crippen LogP contribution is 2.32. The van der Waals surface area contributed by atoms with Gasteiger partial charge in [0.2, 0.25) is 0 Å². The van der Waals surface area contributed by atoms with Crippen molar-refractivity contribution in [2.45, 2.75) is 0 Å². The summed E-state index contributed by atoms with van der Waals surface area (Å²) in [5.74, 6) is 0.658. The second-order valence-electron chi connectivity index (χ2n) is 3.95. The Balaban J connectivity index is 2.49. The fourth-order valence-electron chi connectivity index (χ4n) is 1.79. The van der Waals surface area contributed by atoms with Crippen molar-refractivity contribution in [1.82, 2.24) is 0 Å². The molecule has 0 aliphatic heterocycles. The molecular weight excluding hydrogens is 264 g/mol. The molecule has 0 spiro atoms. The highest BCUT2D eigenvalue weighted by Gasteiger charge is 2.24. The Morgan fingerprint density at radius 3 is 1.90 bits per heavy atom. The van der Waals surface area contributed by atoms with E-state index in [1.165, 1.54) is 19.2 Å². The minimum atomic E-state index is -0.768. The van der Waals surface area contributed by atoms with Crippen LogP contribution in [0.4, 0.5) is 11.4 Å². The first-order chi connectivity index (χ1) is 9.52. The Labute approximate surface area is 113 Å². The Morgan fingerprint density at radius 2 is 1.40 bits per heavy atom. The van der Waals surface area contributed by atoms with Gasteiger partial charge in [-0.15, -0.1) is 0 Å². The summed E-state index contributed by atoms with van der Waals surface area (Å²) in [5, 5.41) is 21.6. The Morgan fingerprint density at radius 1 is 0.850 bits per heavy atom. The van der Waals surface area contributed by atoms with Gasteiger partial charge in [0.05, 0.1) is 17.0 Å². The molecule has 0 aliphatic carbocycles. The molecule has 0 unspecified atom stereocenters. The fourth-order valence-corrected chi connectivity index (χ4v) is 1.79. The number of methoxy groups -OCH3 is 1. The second-order valence-corrected chi connectivity index (χ2v) is 3.95. The van der Waals surface area contributed by atoms with Crippen LogP contribution in [-0.4, -0.2) is 17.0 Å². The normalized spacial score (nSPS) is 10.1. The van der Waals surface area contributed by atoms with E-state index >= 15 is 0 Å². The molecule has 0 amide bonds. The zero-order valence-corrected chi connectivity index (χ0v) is 10.5. The maximum absolute atomic E-state index is 10.9. The van der Waals surface area contributed by atoms with Crippen molar-refractivity contribution in [1.29, 1.82) is 0 Å². The molecule has 102 valence electrons. The van der Waals surface area contributed by atoms with Gasteiger partial charge in [-0.05, 0) is 29.3 Å². The molecule has 2 aromatic rings. The van der Waals surface area contributed by atoms with Gasteiger partial charge in [0.25, 0.3) is 0 Å². The summed E-state index contributed by atoms with van der Waals surface area (Å²) in [7, 11) is 1.53. The van der Waals surface area contributed by atoms with Crippen LogP contribution < -0.4 is 4.74 Å². The van der Waals surface area contributed by atoms with Crippen LogP contribution in [0.2, 0.25) is 0 Å². The first kappa shape index (κ1) is 13.5. The van der Waals surface area contributed by atoms with Crippen LogP contribution in [0.3, 0.4) is 0 Å². The highest BCUT2D eigenvalue weighted by atomic mass is 16.6. The first-order valence-corrected chi connectivity index (χ1v) is 5.60. The Hall–Kier alpha value is -2.96. The minimum Gasteiger partial charge on any atom is -0.497 e. The number of hydrogen-bond donors (Lipinski definition) is 0. The number of nitro benzene ring substituents is 2. The summed E-state index contributed by atoms with van der Waals surface area (Å²) >= 11 is 0. The minimum absolute atomic E-state index is 0.521. The smallest absolute Gasteiger partial charge is 0.346 e. The van der Waals surface area contributed by atoms with Crippen molar-refractivity contribution >= 4 is 11.4 Å². The van der Waals surface area contributed by atoms with Crippen LogP contribution in [-0.2, 0) is 0 Å². The third kappa shape index (κ3) is 2.56. The van der Waals surface area contributed by atoms with Gasteiger partial charge in [-0.1, -0.05) is 12.1 Å². The van der Waals surface area contributed by atoms with E-state index in [1.54, 1.807) is 24.3 Å². The van der Waals surface area contributed by atoms with Crippen LogP contribution in [0.1, 0.15) is 0 Å². The van der Waals surface area contributed by atoms with E-state index in [0.29, 0.717) is 16.9 Å². The number of nitro groups is 2. The van der Waals surface area contributed by atoms with E-state index < -0.39 is 21.2 Å². The zero-order chi connectivity index (χ0) is 14.7. The Kier molecular flexibility index (Phi) is 3.60. The lowest BCUT2D eigenvalue weighted by atomic mass is 10.0. The largest absolute Gasteiger partial charge is 0.497 e. The topological polar surface area (TPSA) is 95.5 Å². The molecule has 20 heavy (non-hydrogen) atoms. The summed E-state index contributed by atoms with van der Waals surface area (Å²) in [6, 6.07) is 10.7. The quantitative estimate of drug-likeness (QED) is 0.630. The van der Waals surface area contributed by atoms with Crippen LogP contribution in [0, 0.1) is 20.2 Å². The average Bonchev–Trinajstić information content (AvgIpc) is 2.46. The van der Waals surface area contributed by atoms with Gasteiger partial charge in [0, 0.05) is 12.1 Å². The van der Waals surface area contributed by atoms with E-state index in [4.69, 9.17) is 4.74 Å². The summed E-state index contributed by atoms with van der Waals surface area (Å²) < 4.78 is 5.02. The third-order valence-electron chi connectivity index (χ3n) is 2.79. The van der Waals surface area contributed by atoms with Crippen molar-refractivity contribution in [3.8, 4) is 16.9 Å². The van der Waals surface area contributed by atoms with E-state index in [1.807, 2.05) is 0 Å². The molecule has 0 saturated heterocycles. The van der Waals surface area contributed by atoms with Crippen molar-refractivity contribution in [3.63, 3.8) is 0 Å². The lowest BCUT2D eigenvalue weighted by Gasteiger charge is -2.04. The van der Waals surface area contributed by atoms with Crippen molar-refractivity contribution in [2.75, 3.05) is 7.11 Å².